The van der Waals surface area contributed by atoms with E-state index in [9.17, 15) is 4.79 Å². The third kappa shape index (κ3) is 4.51. The second-order valence-electron chi connectivity index (χ2n) is 6.84. The summed E-state index contributed by atoms with van der Waals surface area (Å²) in [4.78, 5) is 15.2. The molecule has 1 fully saturated rings. The molecule has 1 saturated heterocycles. The highest BCUT2D eigenvalue weighted by Crippen LogP contribution is 2.22. The van der Waals surface area contributed by atoms with Gasteiger partial charge in [-0.3, -0.25) is 4.79 Å². The van der Waals surface area contributed by atoms with E-state index >= 15 is 0 Å². The van der Waals surface area contributed by atoms with Gasteiger partial charge in [0, 0.05) is 36.8 Å². The van der Waals surface area contributed by atoms with Crippen LogP contribution in [0.3, 0.4) is 0 Å². The van der Waals surface area contributed by atoms with Crippen LogP contribution in [0.2, 0.25) is 0 Å². The van der Waals surface area contributed by atoms with Gasteiger partial charge in [0.25, 0.3) is 0 Å². The molecular formula is C22H28N2O2. The first-order valence-electron chi connectivity index (χ1n) is 9.46. The number of Topliss-reactive ketones (excluding diaryl/α,β-unsaturated/α-hetero) is 1. The van der Waals surface area contributed by atoms with Gasteiger partial charge in [-0.1, -0.05) is 31.2 Å². The Balaban J connectivity index is 1.67. The van der Waals surface area contributed by atoms with Crippen molar-refractivity contribution in [1.29, 1.82) is 0 Å². The highest BCUT2D eigenvalue weighted by Gasteiger charge is 2.19. The molecule has 3 rings (SSSR count). The fourth-order valence-corrected chi connectivity index (χ4v) is 3.41. The molecule has 1 heterocycles. The molecule has 1 aliphatic rings. The quantitative estimate of drug-likeness (QED) is 0.776. The number of nitrogens with two attached hydrogens (primary N) is 1. The fraction of sp³-hybridized carbons (Fsp3) is 0.409. The number of benzene rings is 2. The minimum Gasteiger partial charge on any atom is -0.378 e. The number of rotatable bonds is 7. The number of anilines is 1. The monoisotopic (exact) mass is 352 g/mol. The predicted octanol–water partition coefficient (Wildman–Crippen LogP) is 3.43. The van der Waals surface area contributed by atoms with Crippen LogP contribution in [-0.2, 0) is 17.7 Å². The summed E-state index contributed by atoms with van der Waals surface area (Å²) in [5.74, 6) is 0.233. The lowest BCUT2D eigenvalue weighted by Gasteiger charge is -2.29. The second kappa shape index (κ2) is 8.97. The number of carbonyl (C=O) groups is 1. The third-order valence-corrected chi connectivity index (χ3v) is 5.13. The van der Waals surface area contributed by atoms with Crippen molar-refractivity contribution in [2.24, 2.45) is 11.7 Å². The molecule has 2 N–H and O–H groups in total. The molecule has 0 aromatic heterocycles. The van der Waals surface area contributed by atoms with E-state index in [1.54, 1.807) is 0 Å². The molecule has 0 spiro atoms. The molecular weight excluding hydrogens is 324 g/mol. The Kier molecular flexibility index (Phi) is 6.42. The van der Waals surface area contributed by atoms with Crippen LogP contribution in [0, 0.1) is 5.92 Å². The minimum atomic E-state index is 0.00737. The molecule has 1 unspecified atom stereocenters. The standard InChI is InChI=1S/C22H28N2O2/c1-2-19(15-17-3-5-18(16-23)6-4-17)22(25)20-7-9-21(10-8-20)24-11-13-26-14-12-24/h3-10,19H,2,11-16,23H2,1H3. The number of morpholine rings is 1. The molecule has 2 aromatic carbocycles. The largest absolute Gasteiger partial charge is 0.378 e. The zero-order valence-electron chi connectivity index (χ0n) is 15.5. The number of ketones is 1. The van der Waals surface area contributed by atoms with Crippen LogP contribution in [-0.4, -0.2) is 32.1 Å². The van der Waals surface area contributed by atoms with Crippen molar-refractivity contribution in [1.82, 2.24) is 0 Å². The minimum absolute atomic E-state index is 0.00737. The van der Waals surface area contributed by atoms with Crippen molar-refractivity contribution < 1.29 is 9.53 Å². The van der Waals surface area contributed by atoms with Crippen molar-refractivity contribution in [2.45, 2.75) is 26.3 Å². The fourth-order valence-electron chi connectivity index (χ4n) is 3.41. The maximum Gasteiger partial charge on any atom is 0.166 e. The Morgan fingerprint density at radius 2 is 1.65 bits per heavy atom. The van der Waals surface area contributed by atoms with Gasteiger partial charge in [-0.05, 0) is 48.2 Å². The van der Waals surface area contributed by atoms with Gasteiger partial charge in [0.2, 0.25) is 0 Å². The first kappa shape index (κ1) is 18.6. The molecule has 0 bridgehead atoms. The SMILES string of the molecule is CCC(Cc1ccc(CN)cc1)C(=O)c1ccc(N2CCOCC2)cc1. The molecule has 0 saturated carbocycles. The van der Waals surface area contributed by atoms with E-state index in [4.69, 9.17) is 10.5 Å². The highest BCUT2D eigenvalue weighted by atomic mass is 16.5. The van der Waals surface area contributed by atoms with Crippen LogP contribution in [0.1, 0.15) is 34.8 Å². The van der Waals surface area contributed by atoms with Gasteiger partial charge >= 0.3 is 0 Å². The van der Waals surface area contributed by atoms with E-state index < -0.39 is 0 Å². The summed E-state index contributed by atoms with van der Waals surface area (Å²) in [6, 6.07) is 16.3. The third-order valence-electron chi connectivity index (χ3n) is 5.13. The molecule has 1 aliphatic heterocycles. The summed E-state index contributed by atoms with van der Waals surface area (Å²) in [5, 5.41) is 0. The number of carbonyl (C=O) groups excluding carboxylic acids is 1. The molecule has 0 amide bonds. The molecule has 4 heteroatoms. The van der Waals surface area contributed by atoms with E-state index in [1.807, 2.05) is 24.3 Å². The Bertz CT molecular complexity index is 704. The smallest absolute Gasteiger partial charge is 0.166 e. The second-order valence-corrected chi connectivity index (χ2v) is 6.84. The molecule has 1 atom stereocenters. The van der Waals surface area contributed by atoms with Crippen LogP contribution >= 0.6 is 0 Å². The average Bonchev–Trinajstić information content (AvgIpc) is 2.72. The average molecular weight is 352 g/mol. The van der Waals surface area contributed by atoms with Crippen LogP contribution in [0.5, 0.6) is 0 Å². The van der Waals surface area contributed by atoms with Crippen LogP contribution < -0.4 is 10.6 Å². The highest BCUT2D eigenvalue weighted by molar-refractivity contribution is 5.98. The van der Waals surface area contributed by atoms with Crippen LogP contribution in [0.4, 0.5) is 5.69 Å². The first-order valence-corrected chi connectivity index (χ1v) is 9.46. The number of nitrogens with zero attached hydrogens (tertiary/aromatic N) is 1. The number of hydrogen-bond acceptors (Lipinski definition) is 4. The maximum atomic E-state index is 12.9. The molecule has 4 nitrogen and oxygen atoms in total. The normalized spacial score (nSPS) is 15.7. The Morgan fingerprint density at radius 1 is 1.04 bits per heavy atom. The lowest BCUT2D eigenvalue weighted by Crippen LogP contribution is -2.36. The predicted molar refractivity (Wildman–Crippen MR) is 106 cm³/mol. The summed E-state index contributed by atoms with van der Waals surface area (Å²) >= 11 is 0. The van der Waals surface area contributed by atoms with Crippen LogP contribution in [0.25, 0.3) is 0 Å². The van der Waals surface area contributed by atoms with Gasteiger partial charge in [-0.25, -0.2) is 0 Å². The number of hydrogen-bond donors (Lipinski definition) is 1. The van der Waals surface area contributed by atoms with Gasteiger partial charge in [-0.15, -0.1) is 0 Å². The van der Waals surface area contributed by atoms with Gasteiger partial charge < -0.3 is 15.4 Å². The van der Waals surface area contributed by atoms with Crippen LogP contribution in [0.15, 0.2) is 48.5 Å². The van der Waals surface area contributed by atoms with E-state index in [1.165, 1.54) is 5.56 Å². The molecule has 0 radical (unpaired) electrons. The summed E-state index contributed by atoms with van der Waals surface area (Å²) in [6.07, 6.45) is 1.61. The zero-order chi connectivity index (χ0) is 18.4. The molecule has 26 heavy (non-hydrogen) atoms. The summed E-state index contributed by atoms with van der Waals surface area (Å²) in [6.45, 7) is 5.97. The van der Waals surface area contributed by atoms with Crippen molar-refractivity contribution in [2.75, 3.05) is 31.2 Å². The summed E-state index contributed by atoms with van der Waals surface area (Å²) < 4.78 is 5.40. The van der Waals surface area contributed by atoms with E-state index in [2.05, 4.69) is 36.1 Å². The zero-order valence-corrected chi connectivity index (χ0v) is 15.5. The summed E-state index contributed by atoms with van der Waals surface area (Å²) in [7, 11) is 0. The topological polar surface area (TPSA) is 55.6 Å². The van der Waals surface area contributed by atoms with Gasteiger partial charge in [0.1, 0.15) is 0 Å². The van der Waals surface area contributed by atoms with Gasteiger partial charge in [0.05, 0.1) is 13.2 Å². The maximum absolute atomic E-state index is 12.9. The van der Waals surface area contributed by atoms with Gasteiger partial charge in [0.15, 0.2) is 5.78 Å². The lowest BCUT2D eigenvalue weighted by molar-refractivity contribution is 0.0916. The number of ether oxygens (including phenoxy) is 1. The van der Waals surface area contributed by atoms with E-state index in [0.717, 1.165) is 56.0 Å². The first-order chi connectivity index (χ1) is 12.7. The van der Waals surface area contributed by atoms with Crippen molar-refractivity contribution in [3.05, 3.63) is 65.2 Å². The van der Waals surface area contributed by atoms with E-state index in [0.29, 0.717) is 6.54 Å². The molecule has 0 aliphatic carbocycles. The van der Waals surface area contributed by atoms with Crippen molar-refractivity contribution in [3.63, 3.8) is 0 Å². The Hall–Kier alpha value is -2.17. The van der Waals surface area contributed by atoms with Gasteiger partial charge in [-0.2, -0.15) is 0 Å². The van der Waals surface area contributed by atoms with Crippen molar-refractivity contribution in [3.8, 4) is 0 Å². The van der Waals surface area contributed by atoms with E-state index in [-0.39, 0.29) is 11.7 Å². The Morgan fingerprint density at radius 3 is 2.23 bits per heavy atom. The molecule has 138 valence electrons. The molecule has 2 aromatic rings. The van der Waals surface area contributed by atoms with Crippen molar-refractivity contribution >= 4 is 11.5 Å². The summed E-state index contributed by atoms with van der Waals surface area (Å²) in [5.41, 5.74) is 9.92. The Labute approximate surface area is 156 Å². The lowest BCUT2D eigenvalue weighted by atomic mass is 9.89.